The SMILES string of the molecule is CC[C@@H](Oc1ccc(C)cc1)C(=O)NNC(=O)COc1ccc(-c2ccccc2)cc1. The second kappa shape index (κ2) is 10.8. The molecule has 0 aromatic heterocycles. The van der Waals surface area contributed by atoms with Crippen molar-refractivity contribution in [2.45, 2.75) is 26.4 Å². The monoisotopic (exact) mass is 418 g/mol. The lowest BCUT2D eigenvalue weighted by Gasteiger charge is -2.17. The zero-order chi connectivity index (χ0) is 22.1. The molecule has 0 aliphatic rings. The summed E-state index contributed by atoms with van der Waals surface area (Å²) in [6.45, 7) is 3.59. The number of nitrogens with one attached hydrogen (secondary N) is 2. The van der Waals surface area contributed by atoms with Crippen LogP contribution in [-0.4, -0.2) is 24.5 Å². The van der Waals surface area contributed by atoms with Crippen molar-refractivity contribution in [2.24, 2.45) is 0 Å². The van der Waals surface area contributed by atoms with Crippen LogP contribution in [0.2, 0.25) is 0 Å². The summed E-state index contributed by atoms with van der Waals surface area (Å²) in [4.78, 5) is 24.3. The number of aryl methyl sites for hydroxylation is 1. The van der Waals surface area contributed by atoms with Crippen LogP contribution in [0.25, 0.3) is 11.1 Å². The molecule has 0 radical (unpaired) electrons. The Morgan fingerprint density at radius 2 is 1.42 bits per heavy atom. The fourth-order valence-corrected chi connectivity index (χ4v) is 2.87. The van der Waals surface area contributed by atoms with Gasteiger partial charge in [0.05, 0.1) is 0 Å². The lowest BCUT2D eigenvalue weighted by Crippen LogP contribution is -2.49. The van der Waals surface area contributed by atoms with E-state index in [1.54, 1.807) is 24.3 Å². The highest BCUT2D eigenvalue weighted by atomic mass is 16.5. The van der Waals surface area contributed by atoms with Gasteiger partial charge in [0.15, 0.2) is 12.7 Å². The number of hydrogen-bond acceptors (Lipinski definition) is 4. The lowest BCUT2D eigenvalue weighted by atomic mass is 10.1. The molecule has 6 nitrogen and oxygen atoms in total. The first kappa shape index (κ1) is 21.9. The van der Waals surface area contributed by atoms with Gasteiger partial charge in [-0.05, 0) is 48.7 Å². The number of carbonyl (C=O) groups excluding carboxylic acids is 2. The van der Waals surface area contributed by atoms with Crippen molar-refractivity contribution in [3.05, 3.63) is 84.4 Å². The number of rotatable bonds is 8. The fourth-order valence-electron chi connectivity index (χ4n) is 2.87. The molecule has 31 heavy (non-hydrogen) atoms. The zero-order valence-electron chi connectivity index (χ0n) is 17.6. The van der Waals surface area contributed by atoms with Gasteiger partial charge in [-0.1, -0.05) is 67.1 Å². The average Bonchev–Trinajstić information content (AvgIpc) is 2.81. The summed E-state index contributed by atoms with van der Waals surface area (Å²) in [5.74, 6) is 0.269. The predicted octanol–water partition coefficient (Wildman–Crippen LogP) is 4.05. The predicted molar refractivity (Wildman–Crippen MR) is 120 cm³/mol. The summed E-state index contributed by atoms with van der Waals surface area (Å²) in [6.07, 6.45) is -0.255. The molecule has 2 amide bonds. The third-order valence-electron chi connectivity index (χ3n) is 4.62. The number of carbonyl (C=O) groups is 2. The van der Waals surface area contributed by atoms with Gasteiger partial charge in [0.2, 0.25) is 0 Å². The first-order valence-corrected chi connectivity index (χ1v) is 10.2. The Kier molecular flexibility index (Phi) is 7.65. The summed E-state index contributed by atoms with van der Waals surface area (Å²) < 4.78 is 11.2. The van der Waals surface area contributed by atoms with Crippen molar-refractivity contribution in [3.8, 4) is 22.6 Å². The molecule has 3 aromatic carbocycles. The topological polar surface area (TPSA) is 76.7 Å². The molecule has 0 saturated heterocycles. The maximum atomic E-state index is 12.3. The minimum Gasteiger partial charge on any atom is -0.484 e. The standard InChI is InChI=1S/C25H26N2O4/c1-3-23(31-22-13-9-18(2)10-14-22)25(29)27-26-24(28)17-30-21-15-11-20(12-16-21)19-7-5-4-6-8-19/h4-16,23H,3,17H2,1-2H3,(H,26,28)(H,27,29)/t23-/m1/s1. The van der Waals surface area contributed by atoms with Crippen LogP contribution >= 0.6 is 0 Å². The summed E-state index contributed by atoms with van der Waals surface area (Å²) >= 11 is 0. The van der Waals surface area contributed by atoms with E-state index in [1.165, 1.54) is 0 Å². The van der Waals surface area contributed by atoms with Crippen molar-refractivity contribution in [1.82, 2.24) is 10.9 Å². The largest absolute Gasteiger partial charge is 0.484 e. The van der Waals surface area contributed by atoms with Gasteiger partial charge in [-0.15, -0.1) is 0 Å². The van der Waals surface area contributed by atoms with Gasteiger partial charge in [0.25, 0.3) is 11.8 Å². The van der Waals surface area contributed by atoms with Crippen LogP contribution in [-0.2, 0) is 9.59 Å². The minimum absolute atomic E-state index is 0.222. The molecule has 3 aromatic rings. The smallest absolute Gasteiger partial charge is 0.279 e. The Labute approximate surface area is 182 Å². The normalized spacial score (nSPS) is 11.3. The van der Waals surface area contributed by atoms with Crippen LogP contribution in [0.5, 0.6) is 11.5 Å². The van der Waals surface area contributed by atoms with Crippen LogP contribution in [0.4, 0.5) is 0 Å². The molecular formula is C25H26N2O4. The van der Waals surface area contributed by atoms with Crippen LogP contribution in [0.15, 0.2) is 78.9 Å². The Bertz CT molecular complexity index is 986. The van der Waals surface area contributed by atoms with E-state index < -0.39 is 17.9 Å². The van der Waals surface area contributed by atoms with Crippen LogP contribution in [0.3, 0.4) is 0 Å². The van der Waals surface area contributed by atoms with Crippen molar-refractivity contribution >= 4 is 11.8 Å². The second-order valence-corrected chi connectivity index (χ2v) is 7.04. The number of hydrazine groups is 1. The molecule has 0 unspecified atom stereocenters. The zero-order valence-corrected chi connectivity index (χ0v) is 17.6. The summed E-state index contributed by atoms with van der Waals surface area (Å²) in [5.41, 5.74) is 8.01. The fraction of sp³-hybridized carbons (Fsp3) is 0.200. The van der Waals surface area contributed by atoms with E-state index in [0.29, 0.717) is 17.9 Å². The highest BCUT2D eigenvalue weighted by molar-refractivity contribution is 5.85. The molecule has 0 aliphatic carbocycles. The van der Waals surface area contributed by atoms with E-state index in [1.807, 2.05) is 68.4 Å². The van der Waals surface area contributed by atoms with E-state index >= 15 is 0 Å². The first-order chi connectivity index (χ1) is 15.0. The van der Waals surface area contributed by atoms with Gasteiger partial charge in [0.1, 0.15) is 11.5 Å². The second-order valence-electron chi connectivity index (χ2n) is 7.04. The van der Waals surface area contributed by atoms with E-state index in [-0.39, 0.29) is 6.61 Å². The quantitative estimate of drug-likeness (QED) is 0.541. The third kappa shape index (κ3) is 6.60. The van der Waals surface area contributed by atoms with Gasteiger partial charge in [-0.3, -0.25) is 20.4 Å². The first-order valence-electron chi connectivity index (χ1n) is 10.2. The van der Waals surface area contributed by atoms with Crippen molar-refractivity contribution in [3.63, 3.8) is 0 Å². The van der Waals surface area contributed by atoms with Gasteiger partial charge >= 0.3 is 0 Å². The van der Waals surface area contributed by atoms with Crippen LogP contribution in [0.1, 0.15) is 18.9 Å². The van der Waals surface area contributed by atoms with Crippen LogP contribution < -0.4 is 20.3 Å². The van der Waals surface area contributed by atoms with Crippen LogP contribution in [0, 0.1) is 6.92 Å². The van der Waals surface area contributed by atoms with E-state index in [0.717, 1.165) is 16.7 Å². The maximum Gasteiger partial charge on any atom is 0.279 e. The Hall–Kier alpha value is -3.80. The van der Waals surface area contributed by atoms with E-state index in [2.05, 4.69) is 10.9 Å². The van der Waals surface area contributed by atoms with Crippen molar-refractivity contribution < 1.29 is 19.1 Å². The summed E-state index contributed by atoms with van der Waals surface area (Å²) in [7, 11) is 0. The number of benzene rings is 3. The summed E-state index contributed by atoms with van der Waals surface area (Å²) in [6, 6.07) is 24.9. The molecule has 6 heteroatoms. The molecular weight excluding hydrogens is 392 g/mol. The number of ether oxygens (including phenoxy) is 2. The molecule has 0 spiro atoms. The van der Waals surface area contributed by atoms with Gasteiger partial charge < -0.3 is 9.47 Å². The lowest BCUT2D eigenvalue weighted by molar-refractivity contribution is -0.134. The molecule has 0 heterocycles. The molecule has 2 N–H and O–H groups in total. The van der Waals surface area contributed by atoms with E-state index in [4.69, 9.17) is 9.47 Å². The summed E-state index contributed by atoms with van der Waals surface area (Å²) in [5, 5.41) is 0. The maximum absolute atomic E-state index is 12.3. The third-order valence-corrected chi connectivity index (χ3v) is 4.62. The molecule has 0 saturated carbocycles. The van der Waals surface area contributed by atoms with E-state index in [9.17, 15) is 9.59 Å². The molecule has 0 fully saturated rings. The number of amides is 2. The van der Waals surface area contributed by atoms with Gasteiger partial charge in [-0.25, -0.2) is 0 Å². The Morgan fingerprint density at radius 1 is 0.806 bits per heavy atom. The van der Waals surface area contributed by atoms with Crippen molar-refractivity contribution in [1.29, 1.82) is 0 Å². The Morgan fingerprint density at radius 3 is 2.06 bits per heavy atom. The molecule has 0 aliphatic heterocycles. The molecule has 3 rings (SSSR count). The van der Waals surface area contributed by atoms with Crippen molar-refractivity contribution in [2.75, 3.05) is 6.61 Å². The molecule has 1 atom stereocenters. The molecule has 0 bridgehead atoms. The average molecular weight is 418 g/mol. The highest BCUT2D eigenvalue weighted by Crippen LogP contribution is 2.22. The minimum atomic E-state index is -0.713. The highest BCUT2D eigenvalue weighted by Gasteiger charge is 2.19. The van der Waals surface area contributed by atoms with Gasteiger partial charge in [0, 0.05) is 0 Å². The van der Waals surface area contributed by atoms with Gasteiger partial charge in [-0.2, -0.15) is 0 Å². The molecule has 160 valence electrons. The Balaban J connectivity index is 1.43. The number of hydrogen-bond donors (Lipinski definition) is 2.